The molecular formula is C11H15N5S. The molecule has 0 aromatic carbocycles. The minimum absolute atomic E-state index is 0.291. The van der Waals surface area contributed by atoms with Crippen molar-refractivity contribution >= 4 is 23.1 Å². The van der Waals surface area contributed by atoms with Crippen molar-refractivity contribution in [3.8, 4) is 0 Å². The minimum atomic E-state index is 0.291. The molecule has 2 aromatic heterocycles. The average molecular weight is 249 g/mol. The van der Waals surface area contributed by atoms with Crippen molar-refractivity contribution in [2.24, 2.45) is 0 Å². The van der Waals surface area contributed by atoms with Crippen LogP contribution in [-0.4, -0.2) is 15.0 Å². The van der Waals surface area contributed by atoms with E-state index in [0.29, 0.717) is 12.5 Å². The van der Waals surface area contributed by atoms with E-state index < -0.39 is 0 Å². The smallest absolute Gasteiger partial charge is 0.222 e. The summed E-state index contributed by atoms with van der Waals surface area (Å²) in [6.07, 6.45) is 0. The van der Waals surface area contributed by atoms with E-state index in [0.717, 1.165) is 22.2 Å². The van der Waals surface area contributed by atoms with E-state index in [-0.39, 0.29) is 0 Å². The zero-order valence-corrected chi connectivity index (χ0v) is 10.9. The summed E-state index contributed by atoms with van der Waals surface area (Å²) in [7, 11) is 0. The molecule has 6 heteroatoms. The van der Waals surface area contributed by atoms with Gasteiger partial charge in [-0.1, -0.05) is 0 Å². The Morgan fingerprint density at radius 1 is 1.24 bits per heavy atom. The largest absolute Gasteiger partial charge is 0.368 e. The molecule has 0 spiro atoms. The molecule has 0 aliphatic carbocycles. The van der Waals surface area contributed by atoms with E-state index in [1.165, 1.54) is 4.88 Å². The summed E-state index contributed by atoms with van der Waals surface area (Å²) < 4.78 is 0. The Hall–Kier alpha value is -1.69. The van der Waals surface area contributed by atoms with Crippen molar-refractivity contribution in [2.75, 3.05) is 11.1 Å². The Bertz CT molecular complexity index is 495. The molecule has 2 aromatic rings. The molecule has 0 saturated heterocycles. The minimum Gasteiger partial charge on any atom is -0.368 e. The van der Waals surface area contributed by atoms with Crippen LogP contribution in [0.15, 0.2) is 6.07 Å². The first kappa shape index (κ1) is 11.8. The van der Waals surface area contributed by atoms with Crippen molar-refractivity contribution in [1.82, 2.24) is 15.0 Å². The van der Waals surface area contributed by atoms with Gasteiger partial charge in [0.1, 0.15) is 10.8 Å². The van der Waals surface area contributed by atoms with Gasteiger partial charge in [0, 0.05) is 16.6 Å². The van der Waals surface area contributed by atoms with Crippen molar-refractivity contribution in [3.63, 3.8) is 0 Å². The van der Waals surface area contributed by atoms with Gasteiger partial charge in [0.05, 0.1) is 12.2 Å². The van der Waals surface area contributed by atoms with Gasteiger partial charge in [-0.15, -0.1) is 11.3 Å². The van der Waals surface area contributed by atoms with Crippen LogP contribution in [-0.2, 0) is 6.54 Å². The number of aryl methyl sites for hydroxylation is 3. The summed E-state index contributed by atoms with van der Waals surface area (Å²) in [6.45, 7) is 6.64. The van der Waals surface area contributed by atoms with Gasteiger partial charge in [0.15, 0.2) is 0 Å². The fourth-order valence-electron chi connectivity index (χ4n) is 1.46. The van der Waals surface area contributed by atoms with E-state index in [1.807, 2.05) is 19.9 Å². The Balaban J connectivity index is 2.07. The number of hydrogen-bond acceptors (Lipinski definition) is 6. The van der Waals surface area contributed by atoms with Crippen LogP contribution in [0, 0.1) is 20.8 Å². The lowest BCUT2D eigenvalue weighted by Crippen LogP contribution is -2.05. The van der Waals surface area contributed by atoms with Crippen molar-refractivity contribution < 1.29 is 0 Å². The second-order valence-corrected chi connectivity index (χ2v) is 5.14. The van der Waals surface area contributed by atoms with Crippen LogP contribution in [0.3, 0.4) is 0 Å². The Morgan fingerprint density at radius 2 is 2.00 bits per heavy atom. The molecule has 17 heavy (non-hydrogen) atoms. The third-order valence-electron chi connectivity index (χ3n) is 2.37. The monoisotopic (exact) mass is 249 g/mol. The van der Waals surface area contributed by atoms with Gasteiger partial charge in [0.25, 0.3) is 0 Å². The molecule has 2 heterocycles. The Morgan fingerprint density at radius 3 is 2.59 bits per heavy atom. The van der Waals surface area contributed by atoms with E-state index in [1.54, 1.807) is 11.3 Å². The third kappa shape index (κ3) is 2.91. The molecule has 0 aliphatic rings. The Labute approximate surface area is 104 Å². The highest BCUT2D eigenvalue weighted by Gasteiger charge is 2.04. The summed E-state index contributed by atoms with van der Waals surface area (Å²) in [5, 5.41) is 4.25. The van der Waals surface area contributed by atoms with Gasteiger partial charge in [-0.25, -0.2) is 9.97 Å². The second kappa shape index (κ2) is 4.67. The summed E-state index contributed by atoms with van der Waals surface area (Å²) in [4.78, 5) is 13.8. The average Bonchev–Trinajstić information content (AvgIpc) is 2.54. The van der Waals surface area contributed by atoms with E-state index >= 15 is 0 Å². The van der Waals surface area contributed by atoms with Gasteiger partial charge in [-0.2, -0.15) is 4.98 Å². The topological polar surface area (TPSA) is 76.7 Å². The predicted molar refractivity (Wildman–Crippen MR) is 70.1 cm³/mol. The predicted octanol–water partition coefficient (Wildman–Crippen LogP) is 2.05. The summed E-state index contributed by atoms with van der Waals surface area (Å²) in [5.74, 6) is 1.03. The molecule has 3 N–H and O–H groups in total. The van der Waals surface area contributed by atoms with Gasteiger partial charge in [-0.3, -0.25) is 0 Å². The third-order valence-corrected chi connectivity index (χ3v) is 3.44. The molecule has 0 unspecified atom stereocenters. The first-order valence-electron chi connectivity index (χ1n) is 5.32. The molecule has 0 radical (unpaired) electrons. The maximum absolute atomic E-state index is 5.58. The zero-order chi connectivity index (χ0) is 12.4. The van der Waals surface area contributed by atoms with Crippen LogP contribution < -0.4 is 11.1 Å². The lowest BCUT2D eigenvalue weighted by molar-refractivity contribution is 1.03. The molecule has 2 rings (SSSR count). The van der Waals surface area contributed by atoms with E-state index in [4.69, 9.17) is 5.73 Å². The van der Waals surface area contributed by atoms with Crippen LogP contribution in [0.25, 0.3) is 0 Å². The summed E-state index contributed by atoms with van der Waals surface area (Å²) in [6, 6.07) is 1.86. The molecule has 0 bridgehead atoms. The standard InChI is InChI=1S/C11H15N5S/c1-6-4-9(16-11(12)14-6)13-5-10-15-7(2)8(3)17-10/h4H,5H2,1-3H3,(H3,12,13,14,16). The molecule has 5 nitrogen and oxygen atoms in total. The number of anilines is 2. The van der Waals surface area contributed by atoms with E-state index in [9.17, 15) is 0 Å². The van der Waals surface area contributed by atoms with Gasteiger partial charge in [0.2, 0.25) is 5.95 Å². The lowest BCUT2D eigenvalue weighted by Gasteiger charge is -2.04. The number of nitrogens with two attached hydrogens (primary N) is 1. The number of rotatable bonds is 3. The fourth-order valence-corrected chi connectivity index (χ4v) is 2.34. The quantitative estimate of drug-likeness (QED) is 0.870. The van der Waals surface area contributed by atoms with Crippen LogP contribution in [0.5, 0.6) is 0 Å². The number of hydrogen-bond donors (Lipinski definition) is 2. The molecule has 90 valence electrons. The number of nitrogen functional groups attached to an aromatic ring is 1. The highest BCUT2D eigenvalue weighted by atomic mass is 32.1. The summed E-state index contributed by atoms with van der Waals surface area (Å²) >= 11 is 1.69. The SMILES string of the molecule is Cc1cc(NCc2nc(C)c(C)s2)nc(N)n1. The van der Waals surface area contributed by atoms with Gasteiger partial charge >= 0.3 is 0 Å². The molecule has 0 amide bonds. The maximum atomic E-state index is 5.58. The van der Waals surface area contributed by atoms with Gasteiger partial charge < -0.3 is 11.1 Å². The van der Waals surface area contributed by atoms with Crippen molar-refractivity contribution in [3.05, 3.63) is 27.3 Å². The maximum Gasteiger partial charge on any atom is 0.222 e. The molecule has 0 saturated carbocycles. The highest BCUT2D eigenvalue weighted by Crippen LogP contribution is 2.17. The van der Waals surface area contributed by atoms with Gasteiger partial charge in [-0.05, 0) is 20.8 Å². The second-order valence-electron chi connectivity index (χ2n) is 3.86. The van der Waals surface area contributed by atoms with Crippen LogP contribution in [0.2, 0.25) is 0 Å². The highest BCUT2D eigenvalue weighted by molar-refractivity contribution is 7.11. The number of nitrogens with one attached hydrogen (secondary N) is 1. The van der Waals surface area contributed by atoms with Crippen LogP contribution in [0.4, 0.5) is 11.8 Å². The lowest BCUT2D eigenvalue weighted by atomic mass is 10.4. The molecule has 0 aliphatic heterocycles. The number of nitrogens with zero attached hydrogens (tertiary/aromatic N) is 3. The normalized spacial score (nSPS) is 10.5. The van der Waals surface area contributed by atoms with Crippen molar-refractivity contribution in [1.29, 1.82) is 0 Å². The first-order chi connectivity index (χ1) is 8.04. The molecule has 0 fully saturated rings. The number of thiazole rings is 1. The summed E-state index contributed by atoms with van der Waals surface area (Å²) in [5.41, 5.74) is 7.52. The van der Waals surface area contributed by atoms with Crippen LogP contribution >= 0.6 is 11.3 Å². The first-order valence-corrected chi connectivity index (χ1v) is 6.14. The van der Waals surface area contributed by atoms with Crippen LogP contribution in [0.1, 0.15) is 21.3 Å². The number of aromatic nitrogens is 3. The fraction of sp³-hybridized carbons (Fsp3) is 0.364. The zero-order valence-electron chi connectivity index (χ0n) is 10.1. The molecule has 0 atom stereocenters. The van der Waals surface area contributed by atoms with E-state index in [2.05, 4.69) is 27.2 Å². The molecular weight excluding hydrogens is 234 g/mol. The Kier molecular flexibility index (Phi) is 3.23. The van der Waals surface area contributed by atoms with Crippen molar-refractivity contribution in [2.45, 2.75) is 27.3 Å².